The minimum Gasteiger partial charge on any atom is -0.481 e. The fourth-order valence-electron chi connectivity index (χ4n) is 1.86. The molecule has 1 rings (SSSR count). The zero-order chi connectivity index (χ0) is 16.6. The van der Waals surface area contributed by atoms with Crippen LogP contribution in [0.3, 0.4) is 0 Å². The van der Waals surface area contributed by atoms with Gasteiger partial charge in [-0.25, -0.2) is 4.68 Å². The highest BCUT2D eigenvalue weighted by Crippen LogP contribution is 2.37. The average Bonchev–Trinajstić information content (AvgIpc) is 2.64. The van der Waals surface area contributed by atoms with Crippen LogP contribution in [0.5, 0.6) is 0 Å². The first-order valence-corrected chi connectivity index (χ1v) is 6.69. The molecule has 8 heteroatoms. The van der Waals surface area contributed by atoms with Crippen molar-refractivity contribution in [3.8, 4) is 0 Å². The lowest BCUT2D eigenvalue weighted by Gasteiger charge is -2.39. The average molecular weight is 298 g/mol. The Bertz CT molecular complexity index is 575. The number of carboxylic acid groups (broad SMARTS) is 1. The monoisotopic (exact) mass is 298 g/mol. The van der Waals surface area contributed by atoms with E-state index in [4.69, 9.17) is 0 Å². The molecule has 21 heavy (non-hydrogen) atoms. The number of hydrogen-bond acceptors (Lipinski definition) is 5. The standard InChI is InChI=1S/C13H22N4O4/c1-7-16-10(9(17(20)21)8(2)15-16)14-13(5,6)12(3,4)11(18)19/h14H,7H2,1-6H3,(H,18,19). The topological polar surface area (TPSA) is 110 Å². The summed E-state index contributed by atoms with van der Waals surface area (Å²) in [5.41, 5.74) is -1.86. The van der Waals surface area contributed by atoms with Gasteiger partial charge in [-0.15, -0.1) is 0 Å². The lowest BCUT2D eigenvalue weighted by molar-refractivity contribution is -0.384. The van der Waals surface area contributed by atoms with Crippen LogP contribution in [-0.2, 0) is 11.3 Å². The Balaban J connectivity index is 3.36. The van der Waals surface area contributed by atoms with Gasteiger partial charge in [0, 0.05) is 12.1 Å². The summed E-state index contributed by atoms with van der Waals surface area (Å²) in [4.78, 5) is 22.2. The molecule has 0 radical (unpaired) electrons. The summed E-state index contributed by atoms with van der Waals surface area (Å²) >= 11 is 0. The van der Waals surface area contributed by atoms with Crippen LogP contribution in [0.2, 0.25) is 0 Å². The summed E-state index contributed by atoms with van der Waals surface area (Å²) < 4.78 is 1.48. The largest absolute Gasteiger partial charge is 0.481 e. The maximum atomic E-state index is 11.4. The Morgan fingerprint density at radius 1 is 1.43 bits per heavy atom. The van der Waals surface area contributed by atoms with Gasteiger partial charge < -0.3 is 10.4 Å². The van der Waals surface area contributed by atoms with E-state index in [1.165, 1.54) is 4.68 Å². The maximum Gasteiger partial charge on any atom is 0.333 e. The molecule has 0 atom stereocenters. The number of aryl methyl sites for hydroxylation is 2. The van der Waals surface area contributed by atoms with Crippen molar-refractivity contribution in [3.05, 3.63) is 15.8 Å². The molecule has 0 aromatic carbocycles. The first-order chi connectivity index (χ1) is 9.45. The quantitative estimate of drug-likeness (QED) is 0.616. The van der Waals surface area contributed by atoms with Gasteiger partial charge in [0.05, 0.1) is 10.3 Å². The van der Waals surface area contributed by atoms with E-state index in [1.807, 2.05) is 6.92 Å². The Hall–Kier alpha value is -2.12. The maximum absolute atomic E-state index is 11.4. The van der Waals surface area contributed by atoms with E-state index in [0.717, 1.165) is 0 Å². The highest BCUT2D eigenvalue weighted by molar-refractivity contribution is 5.77. The third kappa shape index (κ3) is 2.84. The molecule has 0 aliphatic carbocycles. The fourth-order valence-corrected chi connectivity index (χ4v) is 1.86. The van der Waals surface area contributed by atoms with Gasteiger partial charge >= 0.3 is 11.7 Å². The molecule has 118 valence electrons. The van der Waals surface area contributed by atoms with Crippen LogP contribution in [0.1, 0.15) is 40.3 Å². The van der Waals surface area contributed by atoms with Crippen LogP contribution in [0.25, 0.3) is 0 Å². The summed E-state index contributed by atoms with van der Waals surface area (Å²) in [6.45, 7) is 10.4. The molecule has 1 aromatic rings. The van der Waals surface area contributed by atoms with Crippen molar-refractivity contribution in [2.75, 3.05) is 5.32 Å². The summed E-state index contributed by atoms with van der Waals surface area (Å²) in [6, 6.07) is 0. The van der Waals surface area contributed by atoms with Crippen LogP contribution in [-0.4, -0.2) is 31.3 Å². The molecule has 0 saturated heterocycles. The van der Waals surface area contributed by atoms with Crippen molar-refractivity contribution < 1.29 is 14.8 Å². The molecule has 0 aliphatic rings. The van der Waals surface area contributed by atoms with Gasteiger partial charge in [-0.1, -0.05) is 0 Å². The molecule has 8 nitrogen and oxygen atoms in total. The van der Waals surface area contributed by atoms with Crippen LogP contribution < -0.4 is 5.32 Å². The van der Waals surface area contributed by atoms with Crippen molar-refractivity contribution in [1.82, 2.24) is 9.78 Å². The number of nitrogens with zero attached hydrogens (tertiary/aromatic N) is 3. The second-order valence-corrected chi connectivity index (χ2v) is 6.04. The first-order valence-electron chi connectivity index (χ1n) is 6.69. The third-order valence-electron chi connectivity index (χ3n) is 4.11. The molecule has 0 fully saturated rings. The number of carbonyl (C=O) groups is 1. The number of hydrogen-bond donors (Lipinski definition) is 2. The predicted molar refractivity (Wildman–Crippen MR) is 78.4 cm³/mol. The Morgan fingerprint density at radius 3 is 2.33 bits per heavy atom. The molecule has 0 bridgehead atoms. The molecule has 0 aliphatic heterocycles. The van der Waals surface area contributed by atoms with Gasteiger partial charge in [-0.05, 0) is 41.5 Å². The van der Waals surface area contributed by atoms with Crippen molar-refractivity contribution in [2.24, 2.45) is 5.41 Å². The highest BCUT2D eigenvalue weighted by atomic mass is 16.6. The number of anilines is 1. The zero-order valence-electron chi connectivity index (χ0n) is 13.2. The van der Waals surface area contributed by atoms with Gasteiger partial charge in [0.15, 0.2) is 0 Å². The summed E-state index contributed by atoms with van der Waals surface area (Å²) in [6.07, 6.45) is 0. The van der Waals surface area contributed by atoms with Gasteiger partial charge in [-0.2, -0.15) is 5.10 Å². The second kappa shape index (κ2) is 5.34. The van der Waals surface area contributed by atoms with Gasteiger partial charge in [-0.3, -0.25) is 14.9 Å². The predicted octanol–water partition coefficient (Wildman–Crippen LogP) is 2.42. The summed E-state index contributed by atoms with van der Waals surface area (Å²) in [5, 5.41) is 27.7. The van der Waals surface area contributed by atoms with Gasteiger partial charge in [0.2, 0.25) is 5.82 Å². The van der Waals surface area contributed by atoms with Crippen molar-refractivity contribution in [1.29, 1.82) is 0 Å². The smallest absolute Gasteiger partial charge is 0.333 e. The van der Waals surface area contributed by atoms with Crippen LogP contribution in [0.4, 0.5) is 11.5 Å². The SMILES string of the molecule is CCn1nc(C)c([N+](=O)[O-])c1NC(C)(C)C(C)(C)C(=O)O. The number of nitro groups is 1. The Kier molecular flexibility index (Phi) is 4.31. The second-order valence-electron chi connectivity index (χ2n) is 6.04. The van der Waals surface area contributed by atoms with Gasteiger partial charge in [0.1, 0.15) is 5.69 Å². The van der Waals surface area contributed by atoms with E-state index in [0.29, 0.717) is 12.2 Å². The normalized spacial score (nSPS) is 12.3. The lowest BCUT2D eigenvalue weighted by Crippen LogP contribution is -2.51. The van der Waals surface area contributed by atoms with Crippen LogP contribution in [0.15, 0.2) is 0 Å². The molecular formula is C13H22N4O4. The number of nitrogens with one attached hydrogen (secondary N) is 1. The van der Waals surface area contributed by atoms with Crippen LogP contribution in [0, 0.1) is 22.5 Å². The Morgan fingerprint density at radius 2 is 1.95 bits per heavy atom. The van der Waals surface area contributed by atoms with Crippen molar-refractivity contribution in [3.63, 3.8) is 0 Å². The minimum absolute atomic E-state index is 0.119. The molecular weight excluding hydrogens is 276 g/mol. The fraction of sp³-hybridized carbons (Fsp3) is 0.692. The molecule has 0 unspecified atom stereocenters. The molecule has 1 heterocycles. The first kappa shape index (κ1) is 16.9. The van der Waals surface area contributed by atoms with Gasteiger partial charge in [0.25, 0.3) is 0 Å². The molecule has 2 N–H and O–H groups in total. The highest BCUT2D eigenvalue weighted by Gasteiger charge is 2.45. The minimum atomic E-state index is -1.13. The van der Waals surface area contributed by atoms with E-state index in [-0.39, 0.29) is 11.5 Å². The summed E-state index contributed by atoms with van der Waals surface area (Å²) in [5.74, 6) is -0.749. The van der Waals surface area contributed by atoms with E-state index in [1.54, 1.807) is 34.6 Å². The van der Waals surface area contributed by atoms with Crippen molar-refractivity contribution in [2.45, 2.75) is 53.6 Å². The van der Waals surface area contributed by atoms with E-state index in [9.17, 15) is 20.0 Å². The molecule has 0 spiro atoms. The number of aromatic nitrogens is 2. The molecule has 0 saturated carbocycles. The Labute approximate surface area is 123 Å². The van der Waals surface area contributed by atoms with E-state index < -0.39 is 21.8 Å². The van der Waals surface area contributed by atoms with E-state index >= 15 is 0 Å². The van der Waals surface area contributed by atoms with Crippen LogP contribution >= 0.6 is 0 Å². The number of carboxylic acids is 1. The zero-order valence-corrected chi connectivity index (χ0v) is 13.2. The number of rotatable bonds is 6. The summed E-state index contributed by atoms with van der Waals surface area (Å²) in [7, 11) is 0. The van der Waals surface area contributed by atoms with E-state index in [2.05, 4.69) is 10.4 Å². The third-order valence-corrected chi connectivity index (χ3v) is 4.11. The number of aliphatic carboxylic acids is 1. The lowest BCUT2D eigenvalue weighted by atomic mass is 9.74. The van der Waals surface area contributed by atoms with Crippen molar-refractivity contribution >= 4 is 17.5 Å². The molecule has 0 amide bonds. The molecule has 1 aromatic heterocycles.